The fourth-order valence-corrected chi connectivity index (χ4v) is 2.86. The standard InChI is InChI=1S/C16H19F2N5/c1-10-15(13-6-5-11(17)8-14(13)18)21-22-16(20-10)19-9-12-4-3-7-23(12)2/h5-6,8,12H,3-4,7,9H2,1-2H3,(H,19,20,22). The first-order chi connectivity index (χ1) is 11.0. The van der Waals surface area contributed by atoms with E-state index in [2.05, 4.69) is 32.4 Å². The Labute approximate surface area is 133 Å². The summed E-state index contributed by atoms with van der Waals surface area (Å²) in [5, 5.41) is 11.2. The van der Waals surface area contributed by atoms with Gasteiger partial charge in [-0.1, -0.05) is 0 Å². The highest BCUT2D eigenvalue weighted by molar-refractivity contribution is 5.62. The molecule has 122 valence electrons. The molecular formula is C16H19F2N5. The Morgan fingerprint density at radius 3 is 2.78 bits per heavy atom. The normalized spacial score (nSPS) is 18.3. The SMILES string of the molecule is Cc1nc(NCC2CCCN2C)nnc1-c1ccc(F)cc1F. The summed E-state index contributed by atoms with van der Waals surface area (Å²) < 4.78 is 26.9. The molecule has 0 aliphatic carbocycles. The molecule has 7 heteroatoms. The van der Waals surface area contributed by atoms with Gasteiger partial charge in [0.2, 0.25) is 5.95 Å². The highest BCUT2D eigenvalue weighted by Crippen LogP contribution is 2.23. The number of nitrogens with one attached hydrogen (secondary N) is 1. The Hall–Kier alpha value is -2.15. The first-order valence-electron chi connectivity index (χ1n) is 7.65. The number of nitrogens with zero attached hydrogens (tertiary/aromatic N) is 4. The van der Waals surface area contributed by atoms with Crippen molar-refractivity contribution in [3.8, 4) is 11.3 Å². The summed E-state index contributed by atoms with van der Waals surface area (Å²) in [6, 6.07) is 3.84. The number of likely N-dealkylation sites (N-methyl/N-ethyl adjacent to an activating group) is 1. The molecule has 2 aromatic rings. The molecule has 5 nitrogen and oxygen atoms in total. The van der Waals surface area contributed by atoms with Crippen LogP contribution in [0, 0.1) is 18.6 Å². The predicted octanol–water partition coefficient (Wildman–Crippen LogP) is 2.63. The number of likely N-dealkylation sites (tertiary alicyclic amines) is 1. The maximum atomic E-state index is 13.9. The van der Waals surface area contributed by atoms with Gasteiger partial charge in [0.25, 0.3) is 0 Å². The van der Waals surface area contributed by atoms with E-state index in [4.69, 9.17) is 0 Å². The highest BCUT2D eigenvalue weighted by atomic mass is 19.1. The fraction of sp³-hybridized carbons (Fsp3) is 0.438. The fourth-order valence-electron chi connectivity index (χ4n) is 2.86. The van der Waals surface area contributed by atoms with Gasteiger partial charge in [0.05, 0.1) is 5.69 Å². The molecule has 1 aromatic heterocycles. The van der Waals surface area contributed by atoms with E-state index in [1.54, 1.807) is 6.92 Å². The van der Waals surface area contributed by atoms with E-state index in [1.807, 2.05) is 0 Å². The van der Waals surface area contributed by atoms with Gasteiger partial charge in [-0.2, -0.15) is 0 Å². The van der Waals surface area contributed by atoms with Crippen molar-refractivity contribution in [1.29, 1.82) is 0 Å². The van der Waals surface area contributed by atoms with Crippen LogP contribution >= 0.6 is 0 Å². The summed E-state index contributed by atoms with van der Waals surface area (Å²) in [6.45, 7) is 3.59. The van der Waals surface area contributed by atoms with Crippen LogP contribution in [-0.4, -0.2) is 46.3 Å². The quantitative estimate of drug-likeness (QED) is 0.939. The van der Waals surface area contributed by atoms with Crippen LogP contribution < -0.4 is 5.32 Å². The first kappa shape index (κ1) is 15.7. The number of halogens is 2. The van der Waals surface area contributed by atoms with E-state index in [0.29, 0.717) is 23.4 Å². The van der Waals surface area contributed by atoms with Crippen LogP contribution in [0.5, 0.6) is 0 Å². The summed E-state index contributed by atoms with van der Waals surface area (Å²) in [6.07, 6.45) is 2.35. The Balaban J connectivity index is 1.75. The number of benzene rings is 1. The summed E-state index contributed by atoms with van der Waals surface area (Å²) in [4.78, 5) is 6.64. The molecule has 1 saturated heterocycles. The van der Waals surface area contributed by atoms with Crippen LogP contribution in [0.15, 0.2) is 18.2 Å². The van der Waals surface area contributed by atoms with Gasteiger partial charge < -0.3 is 10.2 Å². The molecule has 1 N–H and O–H groups in total. The van der Waals surface area contributed by atoms with Crippen LogP contribution in [0.2, 0.25) is 0 Å². The molecule has 23 heavy (non-hydrogen) atoms. The van der Waals surface area contributed by atoms with Crippen molar-refractivity contribution in [2.24, 2.45) is 0 Å². The molecule has 1 aliphatic heterocycles. The van der Waals surface area contributed by atoms with Gasteiger partial charge >= 0.3 is 0 Å². The van der Waals surface area contributed by atoms with E-state index >= 15 is 0 Å². The highest BCUT2D eigenvalue weighted by Gasteiger charge is 2.21. The Bertz CT molecular complexity index is 707. The monoisotopic (exact) mass is 319 g/mol. The molecule has 1 aliphatic rings. The number of aryl methyl sites for hydroxylation is 1. The molecule has 1 aromatic carbocycles. The van der Waals surface area contributed by atoms with Crippen LogP contribution in [0.1, 0.15) is 18.5 Å². The van der Waals surface area contributed by atoms with Gasteiger partial charge in [-0.05, 0) is 45.5 Å². The minimum Gasteiger partial charge on any atom is -0.351 e. The van der Waals surface area contributed by atoms with Crippen molar-refractivity contribution in [2.45, 2.75) is 25.8 Å². The lowest BCUT2D eigenvalue weighted by Crippen LogP contribution is -2.32. The molecule has 0 saturated carbocycles. The minimum atomic E-state index is -0.669. The summed E-state index contributed by atoms with van der Waals surface area (Å²) in [5.74, 6) is -0.865. The minimum absolute atomic E-state index is 0.200. The summed E-state index contributed by atoms with van der Waals surface area (Å²) >= 11 is 0. The summed E-state index contributed by atoms with van der Waals surface area (Å²) in [5.41, 5.74) is 1.07. The van der Waals surface area contributed by atoms with Gasteiger partial charge in [0.1, 0.15) is 17.3 Å². The van der Waals surface area contributed by atoms with E-state index in [9.17, 15) is 8.78 Å². The van der Waals surface area contributed by atoms with Gasteiger partial charge in [0, 0.05) is 24.2 Å². The van der Waals surface area contributed by atoms with Gasteiger partial charge in [-0.25, -0.2) is 13.8 Å². The molecule has 1 atom stereocenters. The number of anilines is 1. The lowest BCUT2D eigenvalue weighted by Gasteiger charge is -2.19. The second-order valence-electron chi connectivity index (χ2n) is 5.85. The second-order valence-corrected chi connectivity index (χ2v) is 5.85. The number of hydrogen-bond acceptors (Lipinski definition) is 5. The molecule has 0 radical (unpaired) electrons. The smallest absolute Gasteiger partial charge is 0.243 e. The lowest BCUT2D eigenvalue weighted by molar-refractivity contribution is 0.322. The van der Waals surface area contributed by atoms with Crippen LogP contribution in [0.4, 0.5) is 14.7 Å². The molecule has 0 spiro atoms. The molecule has 0 bridgehead atoms. The topological polar surface area (TPSA) is 53.9 Å². The molecule has 1 unspecified atom stereocenters. The zero-order chi connectivity index (χ0) is 16.4. The van der Waals surface area contributed by atoms with Crippen LogP contribution in [0.25, 0.3) is 11.3 Å². The van der Waals surface area contributed by atoms with Gasteiger partial charge in [-0.3, -0.25) is 0 Å². The Kier molecular flexibility index (Phi) is 4.47. The van der Waals surface area contributed by atoms with Crippen LogP contribution in [0.3, 0.4) is 0 Å². The van der Waals surface area contributed by atoms with Gasteiger partial charge in [-0.15, -0.1) is 10.2 Å². The number of rotatable bonds is 4. The lowest BCUT2D eigenvalue weighted by atomic mass is 10.1. The predicted molar refractivity (Wildman–Crippen MR) is 84.1 cm³/mol. The van der Waals surface area contributed by atoms with Crippen molar-refractivity contribution < 1.29 is 8.78 Å². The second kappa shape index (κ2) is 6.54. The zero-order valence-electron chi connectivity index (χ0n) is 13.2. The van der Waals surface area contributed by atoms with E-state index in [0.717, 1.165) is 25.6 Å². The Morgan fingerprint density at radius 2 is 2.13 bits per heavy atom. The largest absolute Gasteiger partial charge is 0.351 e. The van der Waals surface area contributed by atoms with Crippen molar-refractivity contribution in [3.63, 3.8) is 0 Å². The van der Waals surface area contributed by atoms with Crippen molar-refractivity contribution in [3.05, 3.63) is 35.5 Å². The van der Waals surface area contributed by atoms with Gasteiger partial charge in [0.15, 0.2) is 0 Å². The van der Waals surface area contributed by atoms with E-state index in [1.165, 1.54) is 18.6 Å². The zero-order valence-corrected chi connectivity index (χ0v) is 13.2. The average molecular weight is 319 g/mol. The maximum absolute atomic E-state index is 13.9. The Morgan fingerprint density at radius 1 is 1.30 bits per heavy atom. The third kappa shape index (κ3) is 3.44. The molecule has 0 amide bonds. The van der Waals surface area contributed by atoms with E-state index < -0.39 is 11.6 Å². The summed E-state index contributed by atoms with van der Waals surface area (Å²) in [7, 11) is 2.10. The number of hydrogen-bond donors (Lipinski definition) is 1. The number of aromatic nitrogens is 3. The maximum Gasteiger partial charge on any atom is 0.243 e. The molecule has 3 rings (SSSR count). The molecule has 2 heterocycles. The third-order valence-corrected chi connectivity index (χ3v) is 4.21. The first-order valence-corrected chi connectivity index (χ1v) is 7.65. The van der Waals surface area contributed by atoms with Crippen molar-refractivity contribution >= 4 is 5.95 Å². The third-order valence-electron chi connectivity index (χ3n) is 4.21. The van der Waals surface area contributed by atoms with Crippen molar-refractivity contribution in [1.82, 2.24) is 20.1 Å². The van der Waals surface area contributed by atoms with Crippen molar-refractivity contribution in [2.75, 3.05) is 25.5 Å². The van der Waals surface area contributed by atoms with E-state index in [-0.39, 0.29) is 5.56 Å². The van der Waals surface area contributed by atoms with Crippen LogP contribution in [-0.2, 0) is 0 Å². The molecular weight excluding hydrogens is 300 g/mol. The molecule has 1 fully saturated rings. The average Bonchev–Trinajstić information content (AvgIpc) is 2.91.